The number of hydrogen-bond acceptors (Lipinski definition) is 4. The Morgan fingerprint density at radius 1 is 1.00 bits per heavy atom. The second-order valence-electron chi connectivity index (χ2n) is 4.18. The number of para-hydroxylation sites is 2. The highest BCUT2D eigenvalue weighted by Gasteiger charge is 2.08. The van der Waals surface area contributed by atoms with E-state index in [0.717, 1.165) is 5.69 Å². The molecule has 5 nitrogen and oxygen atoms in total. The molecule has 1 heterocycles. The van der Waals surface area contributed by atoms with Crippen LogP contribution in [0.25, 0.3) is 5.69 Å². The van der Waals surface area contributed by atoms with Gasteiger partial charge in [-0.15, -0.1) is 5.10 Å². The van der Waals surface area contributed by atoms with Crippen LogP contribution < -0.4 is 5.32 Å². The van der Waals surface area contributed by atoms with Gasteiger partial charge in [-0.2, -0.15) is 4.68 Å². The van der Waals surface area contributed by atoms with Crippen molar-refractivity contribution in [2.75, 3.05) is 5.32 Å². The van der Waals surface area contributed by atoms with Gasteiger partial charge in [-0.25, -0.2) is 4.39 Å². The number of nitrogens with zero attached hydrogens (tertiary/aromatic N) is 4. The van der Waals surface area contributed by atoms with Crippen LogP contribution in [-0.4, -0.2) is 20.2 Å². The lowest BCUT2D eigenvalue weighted by Gasteiger charge is -2.07. The highest BCUT2D eigenvalue weighted by molar-refractivity contribution is 5.44. The first-order chi connectivity index (χ1) is 9.84. The summed E-state index contributed by atoms with van der Waals surface area (Å²) in [6, 6.07) is 16.0. The third-order valence-corrected chi connectivity index (χ3v) is 2.85. The minimum Gasteiger partial charge on any atom is -0.375 e. The van der Waals surface area contributed by atoms with Crippen LogP contribution in [-0.2, 0) is 6.54 Å². The highest BCUT2D eigenvalue weighted by atomic mass is 19.1. The zero-order chi connectivity index (χ0) is 13.8. The van der Waals surface area contributed by atoms with Gasteiger partial charge in [0.1, 0.15) is 5.82 Å². The zero-order valence-corrected chi connectivity index (χ0v) is 10.6. The molecule has 0 aliphatic rings. The van der Waals surface area contributed by atoms with E-state index >= 15 is 0 Å². The van der Waals surface area contributed by atoms with Crippen molar-refractivity contribution in [1.82, 2.24) is 20.2 Å². The number of hydrogen-bond donors (Lipinski definition) is 1. The first-order valence-electron chi connectivity index (χ1n) is 6.15. The molecule has 0 fully saturated rings. The summed E-state index contributed by atoms with van der Waals surface area (Å²) in [7, 11) is 0. The van der Waals surface area contributed by atoms with E-state index in [1.165, 1.54) is 6.07 Å². The van der Waals surface area contributed by atoms with Crippen molar-refractivity contribution < 1.29 is 4.39 Å². The van der Waals surface area contributed by atoms with E-state index in [2.05, 4.69) is 20.8 Å². The molecule has 6 heteroatoms. The van der Waals surface area contributed by atoms with Crippen molar-refractivity contribution in [2.45, 2.75) is 6.54 Å². The molecule has 100 valence electrons. The summed E-state index contributed by atoms with van der Waals surface area (Å²) in [5.74, 6) is 0.311. The summed E-state index contributed by atoms with van der Waals surface area (Å²) in [5, 5.41) is 14.5. The smallest absolute Gasteiger partial charge is 0.175 e. The number of tetrazole rings is 1. The van der Waals surface area contributed by atoms with Gasteiger partial charge in [0.05, 0.1) is 17.9 Å². The number of rotatable bonds is 4. The Bertz CT molecular complexity index is 696. The van der Waals surface area contributed by atoms with Gasteiger partial charge in [0.15, 0.2) is 5.82 Å². The Labute approximate surface area is 115 Å². The molecule has 20 heavy (non-hydrogen) atoms. The fourth-order valence-electron chi connectivity index (χ4n) is 1.86. The van der Waals surface area contributed by atoms with E-state index in [4.69, 9.17) is 0 Å². The third-order valence-electron chi connectivity index (χ3n) is 2.85. The van der Waals surface area contributed by atoms with Crippen LogP contribution in [0.1, 0.15) is 5.82 Å². The molecule has 3 rings (SSSR count). The molecular formula is C14H12FN5. The molecule has 0 atom stereocenters. The van der Waals surface area contributed by atoms with Crippen LogP contribution in [0.15, 0.2) is 54.6 Å². The Hall–Kier alpha value is -2.76. The molecule has 0 spiro atoms. The zero-order valence-electron chi connectivity index (χ0n) is 10.6. The molecule has 0 aliphatic carbocycles. The molecule has 1 aromatic heterocycles. The molecule has 0 aliphatic heterocycles. The molecular weight excluding hydrogens is 257 g/mol. The standard InChI is InChI=1S/C14H12FN5/c15-12-8-4-5-9-13(12)16-10-14-17-18-19-20(14)11-6-2-1-3-7-11/h1-9,16H,10H2. The summed E-state index contributed by atoms with van der Waals surface area (Å²) in [6.45, 7) is 0.336. The maximum absolute atomic E-state index is 13.5. The van der Waals surface area contributed by atoms with Crippen molar-refractivity contribution in [2.24, 2.45) is 0 Å². The monoisotopic (exact) mass is 269 g/mol. The van der Waals surface area contributed by atoms with Crippen LogP contribution in [0.5, 0.6) is 0 Å². The molecule has 1 N–H and O–H groups in total. The molecule has 0 radical (unpaired) electrons. The molecule has 0 bridgehead atoms. The maximum atomic E-state index is 13.5. The number of aromatic nitrogens is 4. The van der Waals surface area contributed by atoms with E-state index in [1.807, 2.05) is 30.3 Å². The van der Waals surface area contributed by atoms with Gasteiger partial charge in [0, 0.05) is 0 Å². The molecule has 2 aromatic carbocycles. The minimum atomic E-state index is -0.300. The Morgan fingerprint density at radius 3 is 2.55 bits per heavy atom. The quantitative estimate of drug-likeness (QED) is 0.790. The van der Waals surface area contributed by atoms with Crippen LogP contribution in [0.2, 0.25) is 0 Å². The van der Waals surface area contributed by atoms with Gasteiger partial charge in [-0.05, 0) is 34.7 Å². The lowest BCUT2D eigenvalue weighted by molar-refractivity contribution is 0.629. The average molecular weight is 269 g/mol. The second-order valence-corrected chi connectivity index (χ2v) is 4.18. The van der Waals surface area contributed by atoms with Crippen molar-refractivity contribution >= 4 is 5.69 Å². The van der Waals surface area contributed by atoms with Crippen molar-refractivity contribution in [3.05, 3.63) is 66.2 Å². The second kappa shape index (κ2) is 5.48. The van der Waals surface area contributed by atoms with Crippen molar-refractivity contribution in [3.8, 4) is 5.69 Å². The van der Waals surface area contributed by atoms with Crippen LogP contribution in [0.3, 0.4) is 0 Å². The van der Waals surface area contributed by atoms with Gasteiger partial charge in [0.2, 0.25) is 0 Å². The SMILES string of the molecule is Fc1ccccc1NCc1nnnn1-c1ccccc1. The van der Waals surface area contributed by atoms with E-state index in [-0.39, 0.29) is 5.82 Å². The molecule has 3 aromatic rings. The van der Waals surface area contributed by atoms with E-state index < -0.39 is 0 Å². The molecule has 0 amide bonds. The summed E-state index contributed by atoms with van der Waals surface area (Å²) >= 11 is 0. The first kappa shape index (κ1) is 12.3. The fraction of sp³-hybridized carbons (Fsp3) is 0.0714. The van der Waals surface area contributed by atoms with Crippen LogP contribution >= 0.6 is 0 Å². The lowest BCUT2D eigenvalue weighted by atomic mass is 10.3. The Balaban J connectivity index is 1.80. The topological polar surface area (TPSA) is 55.6 Å². The molecule has 0 saturated heterocycles. The van der Waals surface area contributed by atoms with Gasteiger partial charge < -0.3 is 5.32 Å². The summed E-state index contributed by atoms with van der Waals surface area (Å²) in [5.41, 5.74) is 1.29. The molecule has 0 unspecified atom stereocenters. The van der Waals surface area contributed by atoms with Gasteiger partial charge in [0.25, 0.3) is 0 Å². The normalized spacial score (nSPS) is 10.4. The van der Waals surface area contributed by atoms with Gasteiger partial charge in [-0.3, -0.25) is 0 Å². The minimum absolute atomic E-state index is 0.300. The average Bonchev–Trinajstić information content (AvgIpc) is 2.96. The summed E-state index contributed by atoms with van der Waals surface area (Å²) in [6.07, 6.45) is 0. The number of anilines is 1. The van der Waals surface area contributed by atoms with Gasteiger partial charge >= 0.3 is 0 Å². The summed E-state index contributed by atoms with van der Waals surface area (Å²) < 4.78 is 15.1. The first-order valence-corrected chi connectivity index (χ1v) is 6.15. The molecule has 0 saturated carbocycles. The van der Waals surface area contributed by atoms with Gasteiger partial charge in [-0.1, -0.05) is 30.3 Å². The largest absolute Gasteiger partial charge is 0.375 e. The fourth-order valence-corrected chi connectivity index (χ4v) is 1.86. The van der Waals surface area contributed by atoms with Crippen molar-refractivity contribution in [1.29, 1.82) is 0 Å². The predicted octanol–water partition coefficient (Wildman–Crippen LogP) is 2.41. The Morgan fingerprint density at radius 2 is 1.75 bits per heavy atom. The maximum Gasteiger partial charge on any atom is 0.175 e. The summed E-state index contributed by atoms with van der Waals surface area (Å²) in [4.78, 5) is 0. The highest BCUT2D eigenvalue weighted by Crippen LogP contribution is 2.14. The van der Waals surface area contributed by atoms with E-state index in [0.29, 0.717) is 18.1 Å². The number of nitrogens with one attached hydrogen (secondary N) is 1. The lowest BCUT2D eigenvalue weighted by Crippen LogP contribution is -2.09. The van der Waals surface area contributed by atoms with Crippen LogP contribution in [0, 0.1) is 5.82 Å². The predicted molar refractivity (Wildman–Crippen MR) is 72.9 cm³/mol. The van der Waals surface area contributed by atoms with E-state index in [1.54, 1.807) is 22.9 Å². The van der Waals surface area contributed by atoms with E-state index in [9.17, 15) is 4.39 Å². The Kier molecular flexibility index (Phi) is 3.36. The third kappa shape index (κ3) is 2.49. The van der Waals surface area contributed by atoms with Crippen LogP contribution in [0.4, 0.5) is 10.1 Å². The number of halogens is 1. The number of benzene rings is 2. The van der Waals surface area contributed by atoms with Crippen molar-refractivity contribution in [3.63, 3.8) is 0 Å².